The van der Waals surface area contributed by atoms with Crippen molar-refractivity contribution in [1.29, 1.82) is 0 Å². The highest BCUT2D eigenvalue weighted by Gasteiger charge is 2.35. The molecule has 1 N–H and O–H groups in total. The van der Waals surface area contributed by atoms with Crippen molar-refractivity contribution in [2.75, 3.05) is 63.8 Å². The summed E-state index contributed by atoms with van der Waals surface area (Å²) in [6.07, 6.45) is 3.16. The van der Waals surface area contributed by atoms with Gasteiger partial charge in [0.15, 0.2) is 5.69 Å². The average molecular weight is 586 g/mol. The van der Waals surface area contributed by atoms with Crippen LogP contribution >= 0.6 is 11.6 Å². The molecule has 1 aromatic heterocycles. The van der Waals surface area contributed by atoms with Crippen molar-refractivity contribution in [3.63, 3.8) is 0 Å². The minimum atomic E-state index is -0.306. The molecule has 1 unspecified atom stereocenters. The summed E-state index contributed by atoms with van der Waals surface area (Å²) in [7, 11) is 0. The van der Waals surface area contributed by atoms with Gasteiger partial charge in [0.2, 0.25) is 5.95 Å². The molecule has 6 rings (SSSR count). The second-order valence-corrected chi connectivity index (χ2v) is 12.8. The van der Waals surface area contributed by atoms with E-state index in [2.05, 4.69) is 55.8 Å². The zero-order chi connectivity index (χ0) is 29.1. The molecule has 0 spiro atoms. The third-order valence-corrected chi connectivity index (χ3v) is 9.34. The number of benzene rings is 2. The van der Waals surface area contributed by atoms with E-state index < -0.39 is 0 Å². The van der Waals surface area contributed by atoms with Gasteiger partial charge >= 0.3 is 0 Å². The van der Waals surface area contributed by atoms with Crippen LogP contribution in [-0.2, 0) is 12.0 Å². The number of nitrogens with one attached hydrogen (secondary N) is 1. The molecule has 3 aliphatic heterocycles. The lowest BCUT2D eigenvalue weighted by atomic mass is 9.78. The van der Waals surface area contributed by atoms with E-state index in [1.54, 1.807) is 6.07 Å². The number of anilines is 1. The van der Waals surface area contributed by atoms with Gasteiger partial charge < -0.3 is 15.0 Å². The summed E-state index contributed by atoms with van der Waals surface area (Å²) < 4.78 is 6.11. The summed E-state index contributed by atoms with van der Waals surface area (Å²) in [6, 6.07) is 16.3. The second-order valence-electron chi connectivity index (χ2n) is 12.4. The number of nitrogens with zero attached hydrogens (tertiary/aromatic N) is 6. The first-order chi connectivity index (χ1) is 20.4. The van der Waals surface area contributed by atoms with Gasteiger partial charge in [-0.15, -0.1) is 0 Å². The van der Waals surface area contributed by atoms with Crippen LogP contribution in [0.25, 0.3) is 4.85 Å². The Labute approximate surface area is 254 Å². The van der Waals surface area contributed by atoms with Gasteiger partial charge in [0, 0.05) is 68.5 Å². The molecule has 0 radical (unpaired) electrons. The molecule has 2 aromatic carbocycles. The number of ether oxygens (including phenoxy) is 1. The number of likely N-dealkylation sites (tertiary alicyclic amines) is 1. The average Bonchev–Trinajstić information content (AvgIpc) is 3.51. The van der Waals surface area contributed by atoms with Crippen molar-refractivity contribution in [3.05, 3.63) is 88.0 Å². The fraction of sp³-hybridized carbons (Fsp3) is 0.485. The number of aromatic nitrogens is 2. The Morgan fingerprint density at radius 1 is 1.05 bits per heavy atom. The minimum absolute atomic E-state index is 0.306. The highest BCUT2D eigenvalue weighted by atomic mass is 35.5. The lowest BCUT2D eigenvalue weighted by Gasteiger charge is -2.48. The van der Waals surface area contributed by atoms with Gasteiger partial charge in [-0.2, -0.15) is 0 Å². The van der Waals surface area contributed by atoms with E-state index >= 15 is 0 Å². The van der Waals surface area contributed by atoms with Crippen molar-refractivity contribution in [1.82, 2.24) is 25.1 Å². The summed E-state index contributed by atoms with van der Waals surface area (Å²) in [5.74, 6) is 2.41. The van der Waals surface area contributed by atoms with Gasteiger partial charge in [-0.3, -0.25) is 9.80 Å². The largest absolute Gasteiger partial charge is 0.487 e. The number of hydrogen-bond donors (Lipinski definition) is 1. The third-order valence-electron chi connectivity index (χ3n) is 9.13. The molecule has 1 atom stereocenters. The topological polar surface area (TPSA) is 61.1 Å². The highest BCUT2D eigenvalue weighted by Crippen LogP contribution is 2.36. The van der Waals surface area contributed by atoms with E-state index in [-0.39, 0.29) is 5.41 Å². The van der Waals surface area contributed by atoms with E-state index in [0.717, 1.165) is 60.6 Å². The van der Waals surface area contributed by atoms with Crippen LogP contribution in [0.15, 0.2) is 54.7 Å². The van der Waals surface area contributed by atoms with Gasteiger partial charge in [-0.05, 0) is 66.9 Å². The van der Waals surface area contributed by atoms with Crippen LogP contribution in [0.4, 0.5) is 11.6 Å². The van der Waals surface area contributed by atoms with Crippen molar-refractivity contribution in [2.45, 2.75) is 38.3 Å². The number of rotatable bonds is 9. The Kier molecular flexibility index (Phi) is 8.64. The number of piperazine rings is 1. The van der Waals surface area contributed by atoms with Crippen LogP contribution in [0, 0.1) is 12.5 Å². The molecule has 3 aliphatic rings. The predicted molar refractivity (Wildman–Crippen MR) is 168 cm³/mol. The van der Waals surface area contributed by atoms with Crippen molar-refractivity contribution in [3.8, 4) is 5.75 Å². The van der Waals surface area contributed by atoms with Crippen LogP contribution in [-0.4, -0.2) is 84.7 Å². The minimum Gasteiger partial charge on any atom is -0.487 e. The molecule has 9 heteroatoms. The van der Waals surface area contributed by atoms with Crippen LogP contribution in [0.2, 0.25) is 5.02 Å². The molecule has 0 bridgehead atoms. The fourth-order valence-corrected chi connectivity index (χ4v) is 6.58. The molecule has 4 heterocycles. The monoisotopic (exact) mass is 585 g/mol. The summed E-state index contributed by atoms with van der Waals surface area (Å²) in [6.45, 7) is 22.1. The first-order valence-corrected chi connectivity index (χ1v) is 15.4. The Bertz CT molecular complexity index is 1400. The maximum absolute atomic E-state index is 7.36. The van der Waals surface area contributed by atoms with E-state index in [1.807, 2.05) is 36.5 Å². The fourth-order valence-electron chi connectivity index (χ4n) is 6.35. The maximum atomic E-state index is 7.36. The first kappa shape index (κ1) is 28.9. The van der Waals surface area contributed by atoms with Crippen LogP contribution < -0.4 is 15.0 Å². The lowest BCUT2D eigenvalue weighted by Crippen LogP contribution is -2.63. The molecule has 0 aliphatic carbocycles. The normalized spacial score (nSPS) is 20.3. The standard InChI is InChI=1S/C33H40ClN7O/c1-33(2,26-16-27(34)18-29(17-26)35-3)25-4-6-31(7-5-25)42-23-28-9-11-37-32(38-28)41-14-12-40(13-15-41)30-21-39(22-30)20-24-8-10-36-19-24/h4-7,9,11,16-18,24,30,36H,8,10,12-15,19-23H2,1-2H3. The zero-order valence-corrected chi connectivity index (χ0v) is 25.4. The molecule has 3 fully saturated rings. The summed E-state index contributed by atoms with van der Waals surface area (Å²) >= 11 is 6.28. The van der Waals surface area contributed by atoms with Crippen molar-refractivity contribution < 1.29 is 4.74 Å². The van der Waals surface area contributed by atoms with Gasteiger partial charge in [0.1, 0.15) is 12.4 Å². The smallest absolute Gasteiger partial charge is 0.225 e. The molecule has 8 nitrogen and oxygen atoms in total. The molecule has 220 valence electrons. The Hall–Kier alpha value is -3.22. The van der Waals surface area contributed by atoms with Crippen LogP contribution in [0.1, 0.15) is 37.1 Å². The predicted octanol–water partition coefficient (Wildman–Crippen LogP) is 5.00. The molecular formula is C33H40ClN7O. The zero-order valence-electron chi connectivity index (χ0n) is 24.6. The lowest BCUT2D eigenvalue weighted by molar-refractivity contribution is 0.0225. The molecule has 42 heavy (non-hydrogen) atoms. The quantitative estimate of drug-likeness (QED) is 0.355. The third kappa shape index (κ3) is 6.55. The SMILES string of the molecule is [C-]#[N+]c1cc(Cl)cc(C(C)(C)c2ccc(OCc3ccnc(N4CCN(C5CN(CC6CCNC6)C5)CC4)n3)cc2)c1. The molecule has 0 amide bonds. The van der Waals surface area contributed by atoms with Gasteiger partial charge in [-0.25, -0.2) is 14.8 Å². The molecule has 3 saturated heterocycles. The van der Waals surface area contributed by atoms with Crippen molar-refractivity contribution >= 4 is 23.2 Å². The van der Waals surface area contributed by atoms with Gasteiger partial charge in [0.05, 0.1) is 12.3 Å². The van der Waals surface area contributed by atoms with E-state index in [4.69, 9.17) is 27.9 Å². The highest BCUT2D eigenvalue weighted by molar-refractivity contribution is 6.31. The van der Waals surface area contributed by atoms with Crippen LogP contribution in [0.3, 0.4) is 0 Å². The molecule has 0 saturated carbocycles. The van der Waals surface area contributed by atoms with E-state index in [0.29, 0.717) is 23.4 Å². The summed E-state index contributed by atoms with van der Waals surface area (Å²) in [5.41, 5.74) is 3.25. The molecule has 3 aromatic rings. The maximum Gasteiger partial charge on any atom is 0.225 e. The second kappa shape index (κ2) is 12.6. The molecular weight excluding hydrogens is 546 g/mol. The van der Waals surface area contributed by atoms with Crippen molar-refractivity contribution in [2.24, 2.45) is 5.92 Å². The Morgan fingerprint density at radius 2 is 1.83 bits per heavy atom. The first-order valence-electron chi connectivity index (χ1n) is 15.0. The van der Waals surface area contributed by atoms with Crippen LogP contribution in [0.5, 0.6) is 5.75 Å². The van der Waals surface area contributed by atoms with E-state index in [9.17, 15) is 0 Å². The van der Waals surface area contributed by atoms with Gasteiger partial charge in [0.25, 0.3) is 0 Å². The Morgan fingerprint density at radius 3 is 2.55 bits per heavy atom. The van der Waals surface area contributed by atoms with E-state index in [1.165, 1.54) is 39.1 Å². The Balaban J connectivity index is 0.992. The summed E-state index contributed by atoms with van der Waals surface area (Å²) in [4.78, 5) is 20.5. The van der Waals surface area contributed by atoms with Gasteiger partial charge in [-0.1, -0.05) is 43.6 Å². The number of halogens is 1. The summed E-state index contributed by atoms with van der Waals surface area (Å²) in [5, 5.41) is 4.06. The number of hydrogen-bond acceptors (Lipinski definition) is 7.